The van der Waals surface area contributed by atoms with Gasteiger partial charge in [-0.05, 0) is 24.2 Å². The molecule has 1 fully saturated rings. The van der Waals surface area contributed by atoms with E-state index in [0.29, 0.717) is 12.7 Å². The van der Waals surface area contributed by atoms with Crippen LogP contribution in [0.15, 0.2) is 24.3 Å². The summed E-state index contributed by atoms with van der Waals surface area (Å²) in [4.78, 5) is 2.37. The summed E-state index contributed by atoms with van der Waals surface area (Å²) in [5.41, 5.74) is 1.19. The Balaban J connectivity index is 1.72. The molecule has 2 rings (SSSR count). The number of likely N-dealkylation sites (tertiary alicyclic amines) is 1. The van der Waals surface area contributed by atoms with Gasteiger partial charge in [0.15, 0.2) is 0 Å². The number of ether oxygens (including phenoxy) is 1. The number of hydrogen-bond acceptors (Lipinski definition) is 2. The molecule has 1 aliphatic rings. The largest absolute Gasteiger partial charge is 0.371 e. The molecule has 0 radical (unpaired) electrons. The van der Waals surface area contributed by atoms with E-state index in [1.165, 1.54) is 5.56 Å². The maximum atomic E-state index is 5.80. The van der Waals surface area contributed by atoms with Crippen molar-refractivity contribution in [1.29, 1.82) is 0 Å². The zero-order valence-electron chi connectivity index (χ0n) is 8.95. The fourth-order valence-corrected chi connectivity index (χ4v) is 1.81. The van der Waals surface area contributed by atoms with Crippen molar-refractivity contribution in [2.75, 3.05) is 19.6 Å². The zero-order chi connectivity index (χ0) is 10.7. The van der Waals surface area contributed by atoms with Gasteiger partial charge in [0, 0.05) is 18.1 Å². The van der Waals surface area contributed by atoms with Crippen LogP contribution < -0.4 is 0 Å². The molecule has 3 heteroatoms. The van der Waals surface area contributed by atoms with Gasteiger partial charge in [0.25, 0.3) is 0 Å². The maximum Gasteiger partial charge on any atom is 0.0833 e. The van der Waals surface area contributed by atoms with E-state index in [1.54, 1.807) is 0 Å². The number of halogens is 1. The molecule has 1 saturated heterocycles. The van der Waals surface area contributed by atoms with Gasteiger partial charge in [-0.25, -0.2) is 0 Å². The third-order valence-corrected chi connectivity index (χ3v) is 3.02. The van der Waals surface area contributed by atoms with Gasteiger partial charge in [-0.2, -0.15) is 0 Å². The molecule has 0 bridgehead atoms. The van der Waals surface area contributed by atoms with Gasteiger partial charge < -0.3 is 4.74 Å². The number of likely N-dealkylation sites (N-methyl/N-ethyl adjacent to an activating group) is 1. The Hall–Kier alpha value is -0.570. The predicted molar refractivity (Wildman–Crippen MR) is 62.1 cm³/mol. The first-order chi connectivity index (χ1) is 7.28. The van der Waals surface area contributed by atoms with Crippen LogP contribution in [0.3, 0.4) is 0 Å². The molecular formula is C12H16ClNO. The van der Waals surface area contributed by atoms with Crippen LogP contribution in [0.4, 0.5) is 0 Å². The second-order valence-electron chi connectivity index (χ2n) is 3.91. The molecule has 2 nitrogen and oxygen atoms in total. The number of benzene rings is 1. The molecule has 1 aromatic carbocycles. The van der Waals surface area contributed by atoms with E-state index in [1.807, 2.05) is 24.3 Å². The normalized spacial score (nSPS) is 17.7. The van der Waals surface area contributed by atoms with Crippen molar-refractivity contribution in [3.63, 3.8) is 0 Å². The van der Waals surface area contributed by atoms with Gasteiger partial charge in [-0.15, -0.1) is 0 Å². The SMILES string of the molecule is CCN1CC(OCc2ccc(Cl)cc2)C1. The summed E-state index contributed by atoms with van der Waals surface area (Å²) in [6.07, 6.45) is 0.417. The highest BCUT2D eigenvalue weighted by Crippen LogP contribution is 2.15. The average molecular weight is 226 g/mol. The van der Waals surface area contributed by atoms with E-state index < -0.39 is 0 Å². The Morgan fingerprint density at radius 2 is 2.00 bits per heavy atom. The monoisotopic (exact) mass is 225 g/mol. The first kappa shape index (κ1) is 10.9. The minimum Gasteiger partial charge on any atom is -0.371 e. The summed E-state index contributed by atoms with van der Waals surface area (Å²) in [6, 6.07) is 7.83. The summed E-state index contributed by atoms with van der Waals surface area (Å²) >= 11 is 5.80. The maximum absolute atomic E-state index is 5.80. The number of rotatable bonds is 4. The van der Waals surface area contributed by atoms with Crippen molar-refractivity contribution < 1.29 is 4.74 Å². The van der Waals surface area contributed by atoms with Crippen molar-refractivity contribution in [1.82, 2.24) is 4.90 Å². The predicted octanol–water partition coefficient (Wildman–Crippen LogP) is 2.56. The lowest BCUT2D eigenvalue weighted by molar-refractivity contribution is -0.0603. The van der Waals surface area contributed by atoms with Crippen LogP contribution in [0.2, 0.25) is 5.02 Å². The standard InChI is InChI=1S/C12H16ClNO/c1-2-14-7-12(8-14)15-9-10-3-5-11(13)6-4-10/h3-6,12H,2,7-9H2,1H3. The lowest BCUT2D eigenvalue weighted by Gasteiger charge is -2.38. The minimum atomic E-state index is 0.417. The van der Waals surface area contributed by atoms with Gasteiger partial charge >= 0.3 is 0 Å². The Labute approximate surface area is 95.8 Å². The van der Waals surface area contributed by atoms with E-state index in [0.717, 1.165) is 24.7 Å². The summed E-state index contributed by atoms with van der Waals surface area (Å²) in [5.74, 6) is 0. The molecule has 0 aromatic heterocycles. The van der Waals surface area contributed by atoms with Crippen LogP contribution in [0.5, 0.6) is 0 Å². The molecular weight excluding hydrogens is 210 g/mol. The fraction of sp³-hybridized carbons (Fsp3) is 0.500. The molecule has 0 atom stereocenters. The van der Waals surface area contributed by atoms with Crippen molar-refractivity contribution in [2.45, 2.75) is 19.6 Å². The van der Waals surface area contributed by atoms with Crippen LogP contribution in [0, 0.1) is 0 Å². The van der Waals surface area contributed by atoms with E-state index in [9.17, 15) is 0 Å². The highest BCUT2D eigenvalue weighted by Gasteiger charge is 2.25. The summed E-state index contributed by atoms with van der Waals surface area (Å²) in [5, 5.41) is 0.777. The van der Waals surface area contributed by atoms with E-state index in [4.69, 9.17) is 16.3 Å². The minimum absolute atomic E-state index is 0.417. The molecule has 1 heterocycles. The molecule has 0 saturated carbocycles. The highest BCUT2D eigenvalue weighted by atomic mass is 35.5. The summed E-state index contributed by atoms with van der Waals surface area (Å²) in [6.45, 7) is 6.14. The van der Waals surface area contributed by atoms with E-state index in [2.05, 4.69) is 11.8 Å². The molecule has 1 aromatic rings. The first-order valence-electron chi connectivity index (χ1n) is 5.36. The summed E-state index contributed by atoms with van der Waals surface area (Å²) in [7, 11) is 0. The zero-order valence-corrected chi connectivity index (χ0v) is 9.70. The second kappa shape index (κ2) is 4.97. The topological polar surface area (TPSA) is 12.5 Å². The summed E-state index contributed by atoms with van der Waals surface area (Å²) < 4.78 is 5.75. The van der Waals surface area contributed by atoms with Gasteiger partial charge in [-0.1, -0.05) is 30.7 Å². The van der Waals surface area contributed by atoms with Gasteiger partial charge in [0.05, 0.1) is 12.7 Å². The second-order valence-corrected chi connectivity index (χ2v) is 4.35. The molecule has 1 aliphatic heterocycles. The Kier molecular flexibility index (Phi) is 3.62. The van der Waals surface area contributed by atoms with Crippen molar-refractivity contribution in [3.8, 4) is 0 Å². The lowest BCUT2D eigenvalue weighted by atomic mass is 10.1. The van der Waals surface area contributed by atoms with Gasteiger partial charge in [-0.3, -0.25) is 4.90 Å². The van der Waals surface area contributed by atoms with E-state index in [-0.39, 0.29) is 0 Å². The molecule has 15 heavy (non-hydrogen) atoms. The molecule has 0 N–H and O–H groups in total. The lowest BCUT2D eigenvalue weighted by Crippen LogP contribution is -2.51. The van der Waals surface area contributed by atoms with Crippen molar-refractivity contribution >= 4 is 11.6 Å². The number of hydrogen-bond donors (Lipinski definition) is 0. The van der Waals surface area contributed by atoms with Crippen LogP contribution in [-0.2, 0) is 11.3 Å². The van der Waals surface area contributed by atoms with Crippen LogP contribution in [0.1, 0.15) is 12.5 Å². The van der Waals surface area contributed by atoms with Gasteiger partial charge in [0.1, 0.15) is 0 Å². The average Bonchev–Trinajstić information content (AvgIpc) is 2.19. The third kappa shape index (κ3) is 2.94. The fourth-order valence-electron chi connectivity index (χ4n) is 1.68. The molecule has 0 amide bonds. The van der Waals surface area contributed by atoms with Crippen LogP contribution in [0.25, 0.3) is 0 Å². The highest BCUT2D eigenvalue weighted by molar-refractivity contribution is 6.30. The Morgan fingerprint density at radius 3 is 2.60 bits per heavy atom. The Bertz CT molecular complexity index is 306. The van der Waals surface area contributed by atoms with Crippen molar-refractivity contribution in [3.05, 3.63) is 34.9 Å². The number of nitrogens with zero attached hydrogens (tertiary/aromatic N) is 1. The molecule has 0 unspecified atom stereocenters. The Morgan fingerprint density at radius 1 is 1.33 bits per heavy atom. The molecule has 0 aliphatic carbocycles. The van der Waals surface area contributed by atoms with Crippen LogP contribution in [-0.4, -0.2) is 30.6 Å². The third-order valence-electron chi connectivity index (χ3n) is 2.77. The van der Waals surface area contributed by atoms with E-state index >= 15 is 0 Å². The quantitative estimate of drug-likeness (QED) is 0.781. The molecule has 0 spiro atoms. The van der Waals surface area contributed by atoms with Gasteiger partial charge in [0.2, 0.25) is 0 Å². The first-order valence-corrected chi connectivity index (χ1v) is 5.74. The van der Waals surface area contributed by atoms with Crippen molar-refractivity contribution in [2.24, 2.45) is 0 Å². The van der Waals surface area contributed by atoms with Crippen LogP contribution >= 0.6 is 11.6 Å². The smallest absolute Gasteiger partial charge is 0.0833 e. The molecule has 82 valence electrons.